The second-order valence-corrected chi connectivity index (χ2v) is 20.0. The van der Waals surface area contributed by atoms with Crippen LogP contribution in [0, 0.1) is 0 Å². The number of hydrogen-bond donors (Lipinski definition) is 9. The van der Waals surface area contributed by atoms with Crippen LogP contribution in [0.3, 0.4) is 0 Å². The summed E-state index contributed by atoms with van der Waals surface area (Å²) in [6.45, 7) is 2.74. The van der Waals surface area contributed by atoms with Crippen LogP contribution < -0.4 is 5.32 Å². The molecule has 0 spiro atoms. The van der Waals surface area contributed by atoms with Gasteiger partial charge in [0, 0.05) is 6.42 Å². The number of ether oxygens (including phenoxy) is 4. The molecule has 2 saturated heterocycles. The van der Waals surface area contributed by atoms with Crippen molar-refractivity contribution in [1.29, 1.82) is 0 Å². The van der Waals surface area contributed by atoms with Gasteiger partial charge in [-0.2, -0.15) is 0 Å². The van der Waals surface area contributed by atoms with E-state index in [1.165, 1.54) is 116 Å². The third-order valence-electron chi connectivity index (χ3n) is 13.7. The molecule has 9 N–H and O–H groups in total. The quantitative estimate of drug-likeness (QED) is 0.0206. The van der Waals surface area contributed by atoms with Gasteiger partial charge in [-0.25, -0.2) is 0 Å². The minimum absolute atomic E-state index is 0.259. The summed E-state index contributed by atoms with van der Waals surface area (Å²) in [6.07, 6.45) is 35.9. The van der Waals surface area contributed by atoms with Gasteiger partial charge in [-0.15, -0.1) is 0 Å². The van der Waals surface area contributed by atoms with Gasteiger partial charge in [0.2, 0.25) is 5.91 Å². The van der Waals surface area contributed by atoms with E-state index in [9.17, 15) is 45.6 Å². The minimum Gasteiger partial charge on any atom is -0.394 e. The van der Waals surface area contributed by atoms with Gasteiger partial charge in [-0.1, -0.05) is 184 Å². The predicted octanol–water partition coefficient (Wildman–Crippen LogP) is 8.83. The molecule has 0 bridgehead atoms. The van der Waals surface area contributed by atoms with Gasteiger partial charge >= 0.3 is 0 Å². The average Bonchev–Trinajstić information content (AvgIpc) is 3.37. The number of unbranched alkanes of at least 4 members (excludes halogenated alkanes) is 25. The molecule has 12 unspecified atom stereocenters. The summed E-state index contributed by atoms with van der Waals surface area (Å²) < 4.78 is 22.7. The number of nitrogens with one attached hydrogen (secondary N) is 1. The molecule has 2 aliphatic rings. The van der Waals surface area contributed by atoms with Crippen molar-refractivity contribution < 1.29 is 64.6 Å². The highest BCUT2D eigenvalue weighted by Crippen LogP contribution is 2.30. The van der Waals surface area contributed by atoms with Crippen LogP contribution in [0.1, 0.15) is 213 Å². The fourth-order valence-electron chi connectivity index (χ4n) is 9.08. The lowest BCUT2D eigenvalue weighted by Gasteiger charge is -2.46. The Labute approximate surface area is 429 Å². The lowest BCUT2D eigenvalue weighted by molar-refractivity contribution is -0.359. The number of hydrogen-bond acceptors (Lipinski definition) is 13. The van der Waals surface area contributed by atoms with E-state index in [1.807, 2.05) is 6.08 Å². The van der Waals surface area contributed by atoms with E-state index in [4.69, 9.17) is 18.9 Å². The number of carbonyl (C=O) groups excluding carboxylic acids is 1. The van der Waals surface area contributed by atoms with Crippen molar-refractivity contribution in [1.82, 2.24) is 5.32 Å². The third-order valence-corrected chi connectivity index (χ3v) is 13.7. The summed E-state index contributed by atoms with van der Waals surface area (Å²) in [7, 11) is 0. The molecule has 2 rings (SSSR count). The summed E-state index contributed by atoms with van der Waals surface area (Å²) >= 11 is 0. The van der Waals surface area contributed by atoms with Gasteiger partial charge in [-0.3, -0.25) is 4.79 Å². The summed E-state index contributed by atoms with van der Waals surface area (Å²) in [5.41, 5.74) is 0. The normalized spacial score (nSPS) is 26.1. The standard InChI is InChI=1S/C57H103NO13/c1-3-5-7-9-11-13-15-17-18-19-20-21-22-23-24-25-26-27-29-30-32-34-36-38-40-46(61)45(58-49(62)41-39-37-35-33-31-28-16-14-12-10-8-6-4-2)44-68-56-54(67)52(65)55(48(43-60)70-56)71-57-53(66)51(64)50(63)47(42-59)69-57/h14,16,25-26,30,32,38,40,45-48,50-57,59-61,63-67H,3-13,15,17-24,27-29,31,33-37,39,41-44H2,1-2H3,(H,58,62)/b16-14-,26-25+,32-30+,40-38+. The molecule has 0 aromatic heterocycles. The summed E-state index contributed by atoms with van der Waals surface area (Å²) in [4.78, 5) is 13.2. The van der Waals surface area contributed by atoms with Crippen LogP contribution in [0.15, 0.2) is 48.6 Å². The van der Waals surface area contributed by atoms with E-state index in [2.05, 4.69) is 55.6 Å². The molecule has 0 radical (unpaired) electrons. The molecule has 71 heavy (non-hydrogen) atoms. The molecule has 0 aromatic rings. The first-order chi connectivity index (χ1) is 34.6. The number of rotatable bonds is 44. The Morgan fingerprint density at radius 3 is 1.39 bits per heavy atom. The Morgan fingerprint density at radius 2 is 0.901 bits per heavy atom. The number of aliphatic hydroxyl groups is 8. The molecule has 2 fully saturated rings. The van der Waals surface area contributed by atoms with Crippen molar-refractivity contribution in [3.05, 3.63) is 48.6 Å². The second kappa shape index (κ2) is 43.2. The number of allylic oxidation sites excluding steroid dienone is 7. The van der Waals surface area contributed by atoms with Crippen molar-refractivity contribution in [3.63, 3.8) is 0 Å². The van der Waals surface area contributed by atoms with Crippen molar-refractivity contribution in [2.45, 2.75) is 286 Å². The van der Waals surface area contributed by atoms with E-state index in [0.717, 1.165) is 64.2 Å². The van der Waals surface area contributed by atoms with Gasteiger partial charge in [-0.05, 0) is 70.6 Å². The molecule has 2 heterocycles. The Kier molecular flexibility index (Phi) is 39.6. The lowest BCUT2D eigenvalue weighted by atomic mass is 9.97. The zero-order valence-electron chi connectivity index (χ0n) is 44.2. The van der Waals surface area contributed by atoms with Crippen LogP contribution in [0.25, 0.3) is 0 Å². The van der Waals surface area contributed by atoms with E-state index in [0.29, 0.717) is 12.8 Å². The molecule has 2 aliphatic heterocycles. The molecule has 12 atom stereocenters. The minimum atomic E-state index is -1.79. The molecule has 1 amide bonds. The maximum atomic E-state index is 13.2. The monoisotopic (exact) mass is 1010 g/mol. The first-order valence-electron chi connectivity index (χ1n) is 28.4. The number of aliphatic hydroxyl groups excluding tert-OH is 8. The fourth-order valence-corrected chi connectivity index (χ4v) is 9.08. The highest BCUT2D eigenvalue weighted by molar-refractivity contribution is 5.76. The van der Waals surface area contributed by atoms with Gasteiger partial charge in [0.1, 0.15) is 48.8 Å². The number of carbonyl (C=O) groups is 1. The molecular formula is C57H103NO13. The van der Waals surface area contributed by atoms with E-state index < -0.39 is 86.8 Å². The van der Waals surface area contributed by atoms with Gasteiger partial charge in [0.25, 0.3) is 0 Å². The second-order valence-electron chi connectivity index (χ2n) is 20.0. The predicted molar refractivity (Wildman–Crippen MR) is 281 cm³/mol. The van der Waals surface area contributed by atoms with Crippen LogP contribution in [0.4, 0.5) is 0 Å². The molecule has 14 nitrogen and oxygen atoms in total. The first-order valence-corrected chi connectivity index (χ1v) is 28.4. The van der Waals surface area contributed by atoms with E-state index >= 15 is 0 Å². The van der Waals surface area contributed by atoms with Gasteiger partial charge < -0.3 is 65.1 Å². The highest BCUT2D eigenvalue weighted by Gasteiger charge is 2.51. The van der Waals surface area contributed by atoms with E-state index in [1.54, 1.807) is 6.08 Å². The molecule has 414 valence electrons. The highest BCUT2D eigenvalue weighted by atomic mass is 16.7. The summed E-state index contributed by atoms with van der Waals surface area (Å²) in [5.74, 6) is -0.264. The van der Waals surface area contributed by atoms with E-state index in [-0.39, 0.29) is 18.9 Å². The fraction of sp³-hybridized carbons (Fsp3) is 0.842. The number of amides is 1. The van der Waals surface area contributed by atoms with Crippen LogP contribution in [0.5, 0.6) is 0 Å². The Bertz CT molecular complexity index is 1380. The topological polar surface area (TPSA) is 228 Å². The van der Waals surface area contributed by atoms with Gasteiger partial charge in [0.15, 0.2) is 12.6 Å². The average molecular weight is 1010 g/mol. The van der Waals surface area contributed by atoms with Crippen LogP contribution in [-0.4, -0.2) is 140 Å². The SMILES string of the molecule is CCCCCC/C=C\CCCCCCCC(=O)NC(COC1OC(CO)C(OC2OC(CO)C(O)C(O)C2O)C(O)C1O)C(O)/C=C/CC/C=C/CC/C=C/CCCCCCCCCCCCCCCC. The Balaban J connectivity index is 1.80. The summed E-state index contributed by atoms with van der Waals surface area (Å²) in [5, 5.41) is 86.9. The first kappa shape index (κ1) is 65.1. The maximum absolute atomic E-state index is 13.2. The van der Waals surface area contributed by atoms with Crippen LogP contribution >= 0.6 is 0 Å². The summed E-state index contributed by atoms with van der Waals surface area (Å²) in [6, 6.07) is -0.942. The molecule has 0 aromatic carbocycles. The van der Waals surface area contributed by atoms with Crippen molar-refractivity contribution >= 4 is 5.91 Å². The van der Waals surface area contributed by atoms with Crippen LogP contribution in [0.2, 0.25) is 0 Å². The molecule has 0 saturated carbocycles. The lowest BCUT2D eigenvalue weighted by Crippen LogP contribution is -2.65. The molecule has 0 aliphatic carbocycles. The Hall–Kier alpha value is -2.05. The van der Waals surface area contributed by atoms with Gasteiger partial charge in [0.05, 0.1) is 32.0 Å². The van der Waals surface area contributed by atoms with Crippen molar-refractivity contribution in [2.24, 2.45) is 0 Å². The smallest absolute Gasteiger partial charge is 0.220 e. The zero-order valence-corrected chi connectivity index (χ0v) is 44.2. The maximum Gasteiger partial charge on any atom is 0.220 e. The largest absolute Gasteiger partial charge is 0.394 e. The van der Waals surface area contributed by atoms with Crippen LogP contribution in [-0.2, 0) is 23.7 Å². The molecular weight excluding hydrogens is 907 g/mol. The van der Waals surface area contributed by atoms with Crippen molar-refractivity contribution in [3.8, 4) is 0 Å². The molecule has 14 heteroatoms. The zero-order chi connectivity index (χ0) is 51.7. The third kappa shape index (κ3) is 29.6. The van der Waals surface area contributed by atoms with Crippen molar-refractivity contribution in [2.75, 3.05) is 19.8 Å². The Morgan fingerprint density at radius 1 is 0.493 bits per heavy atom.